The quantitative estimate of drug-likeness (QED) is 0.512. The van der Waals surface area contributed by atoms with Crippen molar-refractivity contribution in [3.63, 3.8) is 0 Å². The zero-order chi connectivity index (χ0) is 17.1. The van der Waals surface area contributed by atoms with Crippen molar-refractivity contribution in [2.24, 2.45) is 0 Å². The van der Waals surface area contributed by atoms with E-state index in [2.05, 4.69) is 0 Å². The van der Waals surface area contributed by atoms with Gasteiger partial charge in [-0.1, -0.05) is 41.9 Å². The maximum Gasteiger partial charge on any atom is 0.355 e. The molecule has 0 bridgehead atoms. The predicted octanol–water partition coefficient (Wildman–Crippen LogP) is 4.33. The molecule has 0 unspecified atom stereocenters. The number of nitrogens with zero attached hydrogens (tertiary/aromatic N) is 1. The molecule has 1 heterocycles. The SMILES string of the molecule is CCOC(=O)c1c(C=O)c2ccccc2n1Cc1ccc(Cl)cc1. The van der Waals surface area contributed by atoms with Gasteiger partial charge in [-0.2, -0.15) is 0 Å². The van der Waals surface area contributed by atoms with Gasteiger partial charge in [0.15, 0.2) is 6.29 Å². The summed E-state index contributed by atoms with van der Waals surface area (Å²) < 4.78 is 6.98. The first-order chi connectivity index (χ1) is 11.7. The summed E-state index contributed by atoms with van der Waals surface area (Å²) in [5.41, 5.74) is 2.43. The average Bonchev–Trinajstić information content (AvgIpc) is 2.91. The number of para-hydroxylation sites is 1. The smallest absolute Gasteiger partial charge is 0.355 e. The van der Waals surface area contributed by atoms with E-state index in [0.717, 1.165) is 16.5 Å². The molecule has 0 saturated heterocycles. The van der Waals surface area contributed by atoms with Crippen LogP contribution in [0.5, 0.6) is 0 Å². The highest BCUT2D eigenvalue weighted by Crippen LogP contribution is 2.27. The number of ether oxygens (including phenoxy) is 1. The van der Waals surface area contributed by atoms with E-state index in [9.17, 15) is 9.59 Å². The lowest BCUT2D eigenvalue weighted by molar-refractivity contribution is 0.0513. The molecule has 0 fully saturated rings. The average molecular weight is 342 g/mol. The molecule has 0 saturated carbocycles. The zero-order valence-corrected chi connectivity index (χ0v) is 13.9. The minimum absolute atomic E-state index is 0.250. The van der Waals surface area contributed by atoms with Gasteiger partial charge in [0.2, 0.25) is 0 Å². The monoisotopic (exact) mass is 341 g/mol. The fourth-order valence-corrected chi connectivity index (χ4v) is 2.93. The number of rotatable bonds is 5. The molecular weight excluding hydrogens is 326 g/mol. The van der Waals surface area contributed by atoms with Crippen LogP contribution >= 0.6 is 11.6 Å². The third kappa shape index (κ3) is 2.93. The lowest BCUT2D eigenvalue weighted by Crippen LogP contribution is -2.14. The number of aromatic nitrogens is 1. The van der Waals surface area contributed by atoms with Crippen LogP contribution in [-0.4, -0.2) is 23.4 Å². The number of halogens is 1. The molecular formula is C19H16ClNO3. The topological polar surface area (TPSA) is 48.3 Å². The van der Waals surface area contributed by atoms with Crippen LogP contribution in [0.4, 0.5) is 0 Å². The molecule has 0 spiro atoms. The number of esters is 1. The van der Waals surface area contributed by atoms with Crippen LogP contribution in [0, 0.1) is 0 Å². The van der Waals surface area contributed by atoms with Gasteiger partial charge in [-0.25, -0.2) is 4.79 Å². The molecule has 2 aromatic carbocycles. The zero-order valence-electron chi connectivity index (χ0n) is 13.2. The minimum Gasteiger partial charge on any atom is -0.461 e. The van der Waals surface area contributed by atoms with Crippen LogP contribution < -0.4 is 0 Å². The Labute approximate surface area is 144 Å². The Hall–Kier alpha value is -2.59. The van der Waals surface area contributed by atoms with Gasteiger partial charge in [0.05, 0.1) is 12.2 Å². The second kappa shape index (κ2) is 6.89. The van der Waals surface area contributed by atoms with E-state index in [1.54, 1.807) is 19.1 Å². The van der Waals surface area contributed by atoms with E-state index in [0.29, 0.717) is 23.4 Å². The summed E-state index contributed by atoms with van der Waals surface area (Å²) in [5, 5.41) is 1.39. The van der Waals surface area contributed by atoms with E-state index < -0.39 is 5.97 Å². The lowest BCUT2D eigenvalue weighted by atomic mass is 10.1. The molecule has 0 N–H and O–H groups in total. The number of hydrogen-bond acceptors (Lipinski definition) is 3. The van der Waals surface area contributed by atoms with Crippen molar-refractivity contribution in [3.8, 4) is 0 Å². The van der Waals surface area contributed by atoms with Crippen molar-refractivity contribution in [3.05, 3.63) is 70.4 Å². The van der Waals surface area contributed by atoms with Gasteiger partial charge in [-0.3, -0.25) is 4.79 Å². The van der Waals surface area contributed by atoms with Crippen LogP contribution in [0.1, 0.15) is 33.3 Å². The summed E-state index contributed by atoms with van der Waals surface area (Å²) in [6, 6.07) is 14.8. The number of hydrogen-bond donors (Lipinski definition) is 0. The van der Waals surface area contributed by atoms with Gasteiger partial charge in [0.25, 0.3) is 0 Å². The number of carbonyl (C=O) groups excluding carboxylic acids is 2. The van der Waals surface area contributed by atoms with E-state index in [-0.39, 0.29) is 12.3 Å². The Morgan fingerprint density at radius 3 is 2.54 bits per heavy atom. The highest BCUT2D eigenvalue weighted by atomic mass is 35.5. The summed E-state index contributed by atoms with van der Waals surface area (Å²) in [4.78, 5) is 24.1. The molecule has 0 atom stereocenters. The molecule has 122 valence electrons. The van der Waals surface area contributed by atoms with Crippen molar-refractivity contribution < 1.29 is 14.3 Å². The predicted molar refractivity (Wildman–Crippen MR) is 93.8 cm³/mol. The van der Waals surface area contributed by atoms with Crippen LogP contribution in [0.3, 0.4) is 0 Å². The Kier molecular flexibility index (Phi) is 4.67. The van der Waals surface area contributed by atoms with E-state index >= 15 is 0 Å². The number of fused-ring (bicyclic) bond motifs is 1. The minimum atomic E-state index is -0.496. The molecule has 4 nitrogen and oxygen atoms in total. The van der Waals surface area contributed by atoms with E-state index in [4.69, 9.17) is 16.3 Å². The van der Waals surface area contributed by atoms with Crippen LogP contribution in [-0.2, 0) is 11.3 Å². The van der Waals surface area contributed by atoms with Gasteiger partial charge in [0.1, 0.15) is 5.69 Å². The highest BCUT2D eigenvalue weighted by Gasteiger charge is 2.23. The number of carbonyl (C=O) groups is 2. The fourth-order valence-electron chi connectivity index (χ4n) is 2.81. The first-order valence-corrected chi connectivity index (χ1v) is 8.01. The summed E-state index contributed by atoms with van der Waals surface area (Å²) in [5.74, 6) is -0.496. The Balaban J connectivity index is 2.20. The molecule has 5 heteroatoms. The van der Waals surface area contributed by atoms with Gasteiger partial charge in [0, 0.05) is 22.5 Å². The maximum absolute atomic E-state index is 12.4. The molecule has 1 aromatic heterocycles. The highest BCUT2D eigenvalue weighted by molar-refractivity contribution is 6.30. The van der Waals surface area contributed by atoms with Gasteiger partial charge in [-0.15, -0.1) is 0 Å². The molecule has 0 amide bonds. The number of benzene rings is 2. The Morgan fingerprint density at radius 1 is 1.17 bits per heavy atom. The molecule has 0 aliphatic carbocycles. The number of aldehydes is 1. The molecule has 3 rings (SSSR count). The Morgan fingerprint density at radius 2 is 1.88 bits per heavy atom. The van der Waals surface area contributed by atoms with Gasteiger partial charge >= 0.3 is 5.97 Å². The molecule has 24 heavy (non-hydrogen) atoms. The van der Waals surface area contributed by atoms with Crippen molar-refractivity contribution in [1.82, 2.24) is 4.57 Å². The standard InChI is InChI=1S/C19H16ClNO3/c1-2-24-19(23)18-16(12-22)15-5-3-4-6-17(15)21(18)11-13-7-9-14(20)10-8-13/h3-10,12H,2,11H2,1H3. The van der Waals surface area contributed by atoms with E-state index in [1.165, 1.54) is 0 Å². The molecule has 0 radical (unpaired) electrons. The Bertz CT molecular complexity index is 897. The van der Waals surface area contributed by atoms with Crippen LogP contribution in [0.15, 0.2) is 48.5 Å². The van der Waals surface area contributed by atoms with Crippen molar-refractivity contribution in [2.75, 3.05) is 6.61 Å². The first-order valence-electron chi connectivity index (χ1n) is 7.63. The lowest BCUT2D eigenvalue weighted by Gasteiger charge is -2.11. The van der Waals surface area contributed by atoms with Crippen LogP contribution in [0.2, 0.25) is 5.02 Å². The maximum atomic E-state index is 12.4. The van der Waals surface area contributed by atoms with E-state index in [1.807, 2.05) is 41.0 Å². The molecule has 3 aromatic rings. The summed E-state index contributed by atoms with van der Waals surface area (Å²) in [7, 11) is 0. The van der Waals surface area contributed by atoms with Crippen molar-refractivity contribution in [2.45, 2.75) is 13.5 Å². The fraction of sp³-hybridized carbons (Fsp3) is 0.158. The summed E-state index contributed by atoms with van der Waals surface area (Å²) in [6.45, 7) is 2.43. The third-order valence-electron chi connectivity index (χ3n) is 3.85. The second-order valence-corrected chi connectivity index (χ2v) is 5.77. The normalized spacial score (nSPS) is 10.8. The summed E-state index contributed by atoms with van der Waals surface area (Å²) >= 11 is 5.93. The summed E-state index contributed by atoms with van der Waals surface area (Å²) in [6.07, 6.45) is 0.715. The van der Waals surface area contributed by atoms with Gasteiger partial charge in [-0.05, 0) is 30.7 Å². The van der Waals surface area contributed by atoms with Crippen LogP contribution in [0.25, 0.3) is 10.9 Å². The largest absolute Gasteiger partial charge is 0.461 e. The van der Waals surface area contributed by atoms with Crippen molar-refractivity contribution in [1.29, 1.82) is 0 Å². The molecule has 0 aliphatic rings. The van der Waals surface area contributed by atoms with Crippen molar-refractivity contribution >= 4 is 34.8 Å². The molecule has 0 aliphatic heterocycles. The second-order valence-electron chi connectivity index (χ2n) is 5.33. The third-order valence-corrected chi connectivity index (χ3v) is 4.10. The first kappa shape index (κ1) is 16.3. The van der Waals surface area contributed by atoms with Gasteiger partial charge < -0.3 is 9.30 Å².